The van der Waals surface area contributed by atoms with Gasteiger partial charge in [0.05, 0.1) is 40.3 Å². The molecule has 0 N–H and O–H groups in total. The molecular weight excluding hydrogens is 751 g/mol. The fourth-order valence-corrected chi connectivity index (χ4v) is 7.89. The number of hydrogen-bond donors (Lipinski definition) is 0. The number of nitrogens with zero attached hydrogens (tertiary/aromatic N) is 1. The highest BCUT2D eigenvalue weighted by Crippen LogP contribution is 2.16. The molecule has 8 nitrogen and oxygen atoms in total. The largest absolute Gasteiger partial charge is 0.544 e. The maximum absolute atomic E-state index is 12.8. The first-order valence-corrected chi connectivity index (χ1v) is 25.7. The van der Waals surface area contributed by atoms with E-state index in [2.05, 4.69) is 26.0 Å². The van der Waals surface area contributed by atoms with Crippen molar-refractivity contribution in [1.82, 2.24) is 0 Å². The molecule has 60 heavy (non-hydrogen) atoms. The third-order valence-corrected chi connectivity index (χ3v) is 11.9. The van der Waals surface area contributed by atoms with Crippen LogP contribution in [0.2, 0.25) is 0 Å². The van der Waals surface area contributed by atoms with Gasteiger partial charge in [0.2, 0.25) is 0 Å². The summed E-state index contributed by atoms with van der Waals surface area (Å²) in [6.07, 6.45) is 48.1. The van der Waals surface area contributed by atoms with Crippen LogP contribution in [0.25, 0.3) is 0 Å². The second-order valence-electron chi connectivity index (χ2n) is 18.8. The summed E-state index contributed by atoms with van der Waals surface area (Å²) in [4.78, 5) is 37.0. The van der Waals surface area contributed by atoms with Gasteiger partial charge in [-0.2, -0.15) is 0 Å². The third kappa shape index (κ3) is 41.4. The van der Waals surface area contributed by atoms with Gasteiger partial charge in [0.1, 0.15) is 12.6 Å². The van der Waals surface area contributed by atoms with Crippen LogP contribution >= 0.6 is 0 Å². The number of quaternary nitrogens is 1. The molecule has 0 saturated carbocycles. The number of carbonyl (C=O) groups is 3. The molecule has 0 heterocycles. The van der Waals surface area contributed by atoms with Gasteiger partial charge in [0.25, 0.3) is 0 Å². The molecule has 0 aliphatic carbocycles. The summed E-state index contributed by atoms with van der Waals surface area (Å²) in [6, 6.07) is -0.723. The van der Waals surface area contributed by atoms with Crippen LogP contribution in [0, 0.1) is 0 Å². The average Bonchev–Trinajstić information content (AvgIpc) is 3.21. The lowest BCUT2D eigenvalue weighted by atomic mass is 10.0. The van der Waals surface area contributed by atoms with Crippen LogP contribution in [0.15, 0.2) is 12.2 Å². The van der Waals surface area contributed by atoms with E-state index < -0.39 is 18.1 Å². The first-order valence-electron chi connectivity index (χ1n) is 25.7. The van der Waals surface area contributed by atoms with Gasteiger partial charge in [-0.25, -0.2) is 0 Å². The first-order chi connectivity index (χ1) is 29.1. The van der Waals surface area contributed by atoms with Crippen LogP contribution < -0.4 is 5.11 Å². The van der Waals surface area contributed by atoms with Gasteiger partial charge >= 0.3 is 11.9 Å². The van der Waals surface area contributed by atoms with Crippen LogP contribution in [0.4, 0.5) is 0 Å². The molecule has 0 bridgehead atoms. The highest BCUT2D eigenvalue weighted by molar-refractivity contribution is 5.70. The Bertz CT molecular complexity index is 993. The molecule has 2 unspecified atom stereocenters. The molecule has 0 amide bonds. The predicted molar refractivity (Wildman–Crippen MR) is 250 cm³/mol. The molecule has 0 aliphatic rings. The Morgan fingerprint density at radius 2 is 0.833 bits per heavy atom. The van der Waals surface area contributed by atoms with Crippen molar-refractivity contribution >= 4 is 17.9 Å². The van der Waals surface area contributed by atoms with E-state index in [4.69, 9.17) is 14.2 Å². The second-order valence-corrected chi connectivity index (χ2v) is 18.8. The summed E-state index contributed by atoms with van der Waals surface area (Å²) in [7, 11) is 5.42. The fourth-order valence-electron chi connectivity index (χ4n) is 7.89. The van der Waals surface area contributed by atoms with E-state index >= 15 is 0 Å². The van der Waals surface area contributed by atoms with E-state index in [0.717, 1.165) is 51.4 Å². The van der Waals surface area contributed by atoms with Gasteiger partial charge in [-0.15, -0.1) is 0 Å². The number of carboxylic acids is 1. The van der Waals surface area contributed by atoms with Crippen LogP contribution in [0.1, 0.15) is 251 Å². The zero-order chi connectivity index (χ0) is 44.2. The van der Waals surface area contributed by atoms with Crippen molar-refractivity contribution in [3.63, 3.8) is 0 Å². The van der Waals surface area contributed by atoms with Crippen LogP contribution in [-0.2, 0) is 28.6 Å². The van der Waals surface area contributed by atoms with Gasteiger partial charge in [-0.1, -0.05) is 206 Å². The van der Waals surface area contributed by atoms with Crippen molar-refractivity contribution in [3.8, 4) is 0 Å². The van der Waals surface area contributed by atoms with Gasteiger partial charge in [-0.3, -0.25) is 9.59 Å². The molecule has 0 rings (SSSR count). The highest BCUT2D eigenvalue weighted by atomic mass is 16.6. The monoisotopic (exact) mass is 850 g/mol. The third-order valence-electron chi connectivity index (χ3n) is 11.9. The van der Waals surface area contributed by atoms with E-state index in [1.165, 1.54) is 167 Å². The first kappa shape index (κ1) is 58.1. The fraction of sp³-hybridized carbons (Fsp3) is 0.904. The number of rotatable bonds is 47. The lowest BCUT2D eigenvalue weighted by molar-refractivity contribution is -0.889. The minimum atomic E-state index is -1.12. The molecule has 2 atom stereocenters. The minimum absolute atomic E-state index is 0.0434. The number of unbranched alkanes of at least 4 members (excludes halogenated alkanes) is 31. The summed E-state index contributed by atoms with van der Waals surface area (Å²) >= 11 is 0. The van der Waals surface area contributed by atoms with E-state index in [-0.39, 0.29) is 42.7 Å². The zero-order valence-corrected chi connectivity index (χ0v) is 40.4. The maximum Gasteiger partial charge on any atom is 0.306 e. The lowest BCUT2D eigenvalue weighted by Gasteiger charge is -2.34. The quantitative estimate of drug-likeness (QED) is 0.0260. The summed E-state index contributed by atoms with van der Waals surface area (Å²) < 4.78 is 17.2. The lowest BCUT2D eigenvalue weighted by Crippen LogP contribution is -2.55. The van der Waals surface area contributed by atoms with Crippen LogP contribution in [0.3, 0.4) is 0 Å². The van der Waals surface area contributed by atoms with Crippen molar-refractivity contribution in [1.29, 1.82) is 0 Å². The Hall–Kier alpha value is -1.93. The number of allylic oxidation sites excluding steroid dienone is 2. The van der Waals surface area contributed by atoms with E-state index in [1.54, 1.807) is 0 Å². The molecule has 0 fully saturated rings. The van der Waals surface area contributed by atoms with Gasteiger partial charge in [0.15, 0.2) is 6.10 Å². The molecule has 8 heteroatoms. The van der Waals surface area contributed by atoms with Crippen LogP contribution in [-0.4, -0.2) is 75.5 Å². The molecule has 0 spiro atoms. The summed E-state index contributed by atoms with van der Waals surface area (Å²) in [5, 5.41) is 11.7. The normalized spacial score (nSPS) is 12.9. The summed E-state index contributed by atoms with van der Waals surface area (Å²) in [6.45, 7) is 4.70. The molecule has 0 aromatic carbocycles. The Morgan fingerprint density at radius 1 is 0.483 bits per heavy atom. The number of carboxylic acid groups (broad SMARTS) is 1. The number of carbonyl (C=O) groups excluding carboxylic acids is 3. The molecule has 0 aromatic heterocycles. The zero-order valence-electron chi connectivity index (χ0n) is 40.4. The second kappa shape index (κ2) is 43.7. The smallest absolute Gasteiger partial charge is 0.306 e. The molecule has 0 radical (unpaired) electrons. The summed E-state index contributed by atoms with van der Waals surface area (Å²) in [5.41, 5.74) is 0. The van der Waals surface area contributed by atoms with Crippen molar-refractivity contribution in [2.24, 2.45) is 0 Å². The molecule has 0 saturated heterocycles. The minimum Gasteiger partial charge on any atom is -0.544 e. The van der Waals surface area contributed by atoms with Crippen molar-refractivity contribution in [2.45, 2.75) is 264 Å². The molecule has 354 valence electrons. The molecule has 0 aliphatic heterocycles. The van der Waals surface area contributed by atoms with Gasteiger partial charge in [-0.05, 0) is 38.5 Å². The number of esters is 2. The number of aliphatic carboxylic acids is 1. The predicted octanol–water partition coefficient (Wildman–Crippen LogP) is 13.3. The van der Waals surface area contributed by atoms with Gasteiger partial charge in [0, 0.05) is 19.3 Å². The Balaban J connectivity index is 4.20. The van der Waals surface area contributed by atoms with E-state index in [0.29, 0.717) is 12.8 Å². The topological polar surface area (TPSA) is 102 Å². The molecular formula is C52H99NO7. The highest BCUT2D eigenvalue weighted by Gasteiger charge is 2.25. The standard InChI is InChI=1S/C52H99NO7/c1-6-8-10-12-14-16-18-20-22-24-25-26-27-29-30-32-34-36-38-40-42-50(54)59-47-48(46-58-45-44-49(52(56)57)53(3,4)5)60-51(55)43-41-39-37-35-33-31-28-23-21-19-17-15-13-11-9-7-2/h23,28,48-49H,6-22,24-27,29-47H2,1-5H3/b28-23+. The van der Waals surface area contributed by atoms with E-state index in [9.17, 15) is 19.5 Å². The number of ether oxygens (including phenoxy) is 3. The Kier molecular flexibility index (Phi) is 42.3. The Morgan fingerprint density at radius 3 is 1.20 bits per heavy atom. The van der Waals surface area contributed by atoms with Gasteiger partial charge < -0.3 is 28.6 Å². The van der Waals surface area contributed by atoms with Crippen molar-refractivity contribution < 1.29 is 38.2 Å². The Labute approximate surface area is 371 Å². The maximum atomic E-state index is 12.8. The van der Waals surface area contributed by atoms with Crippen LogP contribution in [0.5, 0.6) is 0 Å². The van der Waals surface area contributed by atoms with Crippen molar-refractivity contribution in [3.05, 3.63) is 12.2 Å². The van der Waals surface area contributed by atoms with E-state index in [1.807, 2.05) is 21.1 Å². The van der Waals surface area contributed by atoms with Crippen molar-refractivity contribution in [2.75, 3.05) is 41.0 Å². The summed E-state index contributed by atoms with van der Waals surface area (Å²) in [5.74, 6) is -1.72. The molecule has 0 aromatic rings. The number of hydrogen-bond acceptors (Lipinski definition) is 7. The average molecular weight is 850 g/mol. The SMILES string of the molecule is CCCCCCCCC/C=C/CCCCCCCC(=O)OC(COCCC(C(=O)[O-])[N+](C)(C)C)COC(=O)CCCCCCCCCCCCCCCCCCCCCC. The number of likely N-dealkylation sites (N-methyl/N-ethyl adjacent to an activating group) is 1.